The van der Waals surface area contributed by atoms with E-state index in [1.165, 1.54) is 12.1 Å². The number of halogens is 4. The molecular weight excluding hydrogens is 435 g/mol. The zero-order valence-electron chi connectivity index (χ0n) is 16.7. The van der Waals surface area contributed by atoms with Gasteiger partial charge in [-0.1, -0.05) is 18.2 Å². The summed E-state index contributed by atoms with van der Waals surface area (Å²) in [7, 11) is 0. The van der Waals surface area contributed by atoms with Crippen LogP contribution in [0.5, 0.6) is 0 Å². The summed E-state index contributed by atoms with van der Waals surface area (Å²) < 4.78 is 46.0. The summed E-state index contributed by atoms with van der Waals surface area (Å²) in [5, 5.41) is 6.15. The zero-order valence-corrected chi connectivity index (χ0v) is 17.4. The highest BCUT2D eigenvalue weighted by molar-refractivity contribution is 6.28. The molecule has 0 spiro atoms. The third kappa shape index (κ3) is 4.46. The number of hydrogen-bond donors (Lipinski definition) is 2. The molecule has 4 rings (SSSR count). The second-order valence-corrected chi connectivity index (χ2v) is 7.80. The predicted molar refractivity (Wildman–Crippen MR) is 107 cm³/mol. The van der Waals surface area contributed by atoms with Crippen molar-refractivity contribution < 1.29 is 22.7 Å². The Morgan fingerprint density at radius 1 is 1.32 bits per heavy atom. The van der Waals surface area contributed by atoms with E-state index in [0.717, 1.165) is 6.07 Å². The molecule has 166 valence electrons. The number of ether oxygens (including phenoxy) is 1. The molecule has 11 heteroatoms. The minimum atomic E-state index is -2.91. The van der Waals surface area contributed by atoms with Crippen molar-refractivity contribution in [2.75, 3.05) is 25.1 Å². The number of nitrogens with one attached hydrogen (secondary N) is 2. The molecule has 0 bridgehead atoms. The number of amides is 1. The summed E-state index contributed by atoms with van der Waals surface area (Å²) in [6.45, 7) is 3.58. The highest BCUT2D eigenvalue weighted by atomic mass is 35.5. The third-order valence-corrected chi connectivity index (χ3v) is 5.57. The van der Waals surface area contributed by atoms with Gasteiger partial charge in [-0.25, -0.2) is 23.1 Å². The van der Waals surface area contributed by atoms with Gasteiger partial charge >= 0.3 is 0 Å². The number of carbonyl (C=O) groups is 1. The molecule has 2 aliphatic heterocycles. The van der Waals surface area contributed by atoms with Crippen LogP contribution in [-0.4, -0.2) is 46.6 Å². The molecule has 1 fully saturated rings. The van der Waals surface area contributed by atoms with Crippen molar-refractivity contribution >= 4 is 23.3 Å². The summed E-state index contributed by atoms with van der Waals surface area (Å²) in [5.74, 6) is -0.745. The van der Waals surface area contributed by atoms with E-state index in [1.807, 2.05) is 0 Å². The van der Waals surface area contributed by atoms with Gasteiger partial charge in [0.05, 0.1) is 43.6 Å². The molecule has 0 radical (unpaired) electrons. The number of fused-ring (bicyclic) bond motifs is 1. The molecule has 3 heterocycles. The van der Waals surface area contributed by atoms with Crippen molar-refractivity contribution in [3.63, 3.8) is 0 Å². The van der Waals surface area contributed by atoms with Crippen molar-refractivity contribution in [2.24, 2.45) is 0 Å². The van der Waals surface area contributed by atoms with Gasteiger partial charge in [0.25, 0.3) is 6.43 Å². The van der Waals surface area contributed by atoms with Gasteiger partial charge in [-0.3, -0.25) is 4.79 Å². The summed E-state index contributed by atoms with van der Waals surface area (Å²) in [4.78, 5) is 22.9. The summed E-state index contributed by atoms with van der Waals surface area (Å²) in [6, 6.07) is 2.77. The Morgan fingerprint density at radius 3 is 2.81 bits per heavy atom. The molecule has 31 heavy (non-hydrogen) atoms. The van der Waals surface area contributed by atoms with Gasteiger partial charge in [0.2, 0.25) is 11.2 Å². The number of rotatable bonds is 5. The average molecular weight is 456 g/mol. The highest BCUT2D eigenvalue weighted by Gasteiger charge is 2.33. The van der Waals surface area contributed by atoms with Gasteiger partial charge < -0.3 is 20.3 Å². The largest absolute Gasteiger partial charge is 0.378 e. The van der Waals surface area contributed by atoms with Crippen molar-refractivity contribution in [1.82, 2.24) is 20.2 Å². The van der Waals surface area contributed by atoms with Crippen molar-refractivity contribution in [1.29, 1.82) is 0 Å². The maximum Gasteiger partial charge on any atom is 0.266 e. The minimum absolute atomic E-state index is 0.0244. The summed E-state index contributed by atoms with van der Waals surface area (Å²) in [5.41, 5.74) is 0.667. The van der Waals surface area contributed by atoms with E-state index in [0.29, 0.717) is 36.8 Å². The van der Waals surface area contributed by atoms with Crippen molar-refractivity contribution in [3.8, 4) is 0 Å². The SMILES string of the molecule is C[C@@H](Nc1nc(Cl)nc2c1CN(C(=O)[C@H]1COCCN1)C2)c1cccc(C(F)F)c1F. The van der Waals surface area contributed by atoms with E-state index in [-0.39, 0.29) is 29.8 Å². The lowest BCUT2D eigenvalue weighted by atomic mass is 10.0. The van der Waals surface area contributed by atoms with Crippen molar-refractivity contribution in [3.05, 3.63) is 51.7 Å². The van der Waals surface area contributed by atoms with E-state index in [4.69, 9.17) is 16.3 Å². The molecule has 0 unspecified atom stereocenters. The molecule has 1 aromatic carbocycles. The molecule has 2 aliphatic rings. The van der Waals surface area contributed by atoms with Crippen LogP contribution in [0.1, 0.15) is 41.8 Å². The van der Waals surface area contributed by atoms with Crippen LogP contribution in [0.4, 0.5) is 19.0 Å². The average Bonchev–Trinajstić information content (AvgIpc) is 3.17. The molecule has 2 atom stereocenters. The number of alkyl halides is 2. The first-order valence-electron chi connectivity index (χ1n) is 9.83. The smallest absolute Gasteiger partial charge is 0.266 e. The molecule has 1 amide bonds. The Kier molecular flexibility index (Phi) is 6.31. The summed E-state index contributed by atoms with van der Waals surface area (Å²) in [6.07, 6.45) is -2.91. The zero-order chi connectivity index (χ0) is 22.1. The lowest BCUT2D eigenvalue weighted by Crippen LogP contribution is -2.51. The molecule has 2 N–H and O–H groups in total. The van der Waals surface area contributed by atoms with Crippen LogP contribution in [0.25, 0.3) is 0 Å². The van der Waals surface area contributed by atoms with E-state index >= 15 is 0 Å². The monoisotopic (exact) mass is 455 g/mol. The number of nitrogens with zero attached hydrogens (tertiary/aromatic N) is 3. The minimum Gasteiger partial charge on any atom is -0.378 e. The van der Waals surface area contributed by atoms with Crippen LogP contribution in [0.15, 0.2) is 18.2 Å². The van der Waals surface area contributed by atoms with Crippen LogP contribution >= 0.6 is 11.6 Å². The Labute approximate surface area is 182 Å². The fourth-order valence-corrected chi connectivity index (χ4v) is 3.99. The predicted octanol–water partition coefficient (Wildman–Crippen LogP) is 3.21. The van der Waals surface area contributed by atoms with Crippen LogP contribution in [-0.2, 0) is 22.6 Å². The van der Waals surface area contributed by atoms with Crippen LogP contribution < -0.4 is 10.6 Å². The Bertz CT molecular complexity index is 988. The first-order chi connectivity index (χ1) is 14.8. The lowest BCUT2D eigenvalue weighted by molar-refractivity contribution is -0.137. The first-order valence-corrected chi connectivity index (χ1v) is 10.2. The lowest BCUT2D eigenvalue weighted by Gasteiger charge is -2.27. The van der Waals surface area contributed by atoms with Gasteiger partial charge in [-0.15, -0.1) is 0 Å². The number of benzene rings is 1. The summed E-state index contributed by atoms with van der Waals surface area (Å²) >= 11 is 6.06. The van der Waals surface area contributed by atoms with Gasteiger partial charge in [-0.2, -0.15) is 0 Å². The fourth-order valence-electron chi connectivity index (χ4n) is 3.80. The van der Waals surface area contributed by atoms with Crippen LogP contribution in [0.3, 0.4) is 0 Å². The van der Waals surface area contributed by atoms with E-state index in [2.05, 4.69) is 20.6 Å². The van der Waals surface area contributed by atoms with E-state index in [1.54, 1.807) is 11.8 Å². The Hall–Kier alpha value is -2.43. The standard InChI is InChI=1S/C20H21ClF3N5O2/c1-10(11-3-2-4-12(16(11)22)17(23)24)26-18-13-7-29(8-14(13)27-20(21)28-18)19(30)15-9-31-6-5-25-15/h2-4,10,15,17,25H,5-9H2,1H3,(H,26,27,28)/t10-,15-/m1/s1. The fraction of sp³-hybridized carbons (Fsp3) is 0.450. The number of hydrogen-bond acceptors (Lipinski definition) is 6. The third-order valence-electron chi connectivity index (χ3n) is 5.40. The van der Waals surface area contributed by atoms with Gasteiger partial charge in [0.15, 0.2) is 0 Å². The normalized spacial score (nSPS) is 19.4. The van der Waals surface area contributed by atoms with Crippen LogP contribution in [0, 0.1) is 5.82 Å². The van der Waals surface area contributed by atoms with Crippen molar-refractivity contribution in [2.45, 2.75) is 38.5 Å². The maximum atomic E-state index is 14.6. The molecule has 0 aliphatic carbocycles. The Morgan fingerprint density at radius 2 is 2.10 bits per heavy atom. The second kappa shape index (κ2) is 8.97. The van der Waals surface area contributed by atoms with E-state index < -0.39 is 29.9 Å². The number of aromatic nitrogens is 2. The molecular formula is C20H21ClF3N5O2. The highest BCUT2D eigenvalue weighted by Crippen LogP contribution is 2.33. The van der Waals surface area contributed by atoms with Gasteiger partial charge in [0.1, 0.15) is 17.7 Å². The second-order valence-electron chi connectivity index (χ2n) is 7.46. The molecule has 1 saturated heterocycles. The topological polar surface area (TPSA) is 79.4 Å². The maximum absolute atomic E-state index is 14.6. The van der Waals surface area contributed by atoms with Gasteiger partial charge in [-0.05, 0) is 18.5 Å². The number of anilines is 1. The quantitative estimate of drug-likeness (QED) is 0.674. The molecule has 2 aromatic rings. The molecule has 1 aromatic heterocycles. The molecule has 7 nitrogen and oxygen atoms in total. The molecule has 0 saturated carbocycles. The number of morpholine rings is 1. The number of carbonyl (C=O) groups excluding carboxylic acids is 1. The first kappa shape index (κ1) is 21.8. The van der Waals surface area contributed by atoms with Crippen LogP contribution in [0.2, 0.25) is 5.28 Å². The Balaban J connectivity index is 1.56. The van der Waals surface area contributed by atoms with Gasteiger partial charge in [0, 0.05) is 17.7 Å². The van der Waals surface area contributed by atoms with E-state index in [9.17, 15) is 18.0 Å².